The Balaban J connectivity index is 1.93. The average Bonchev–Trinajstić information content (AvgIpc) is 2.63. The standard InChI is InChI=1S/C16H25NO3/c1-10-6-15(13(4)17(10)5)16(18)9-19-14-7-11(2)20-12(3)8-14/h6,11-12,14H,7-9H2,1-5H3. The average molecular weight is 279 g/mol. The summed E-state index contributed by atoms with van der Waals surface area (Å²) in [7, 11) is 1.98. The molecular formula is C16H25NO3. The van der Waals surface area contributed by atoms with Gasteiger partial charge in [0.1, 0.15) is 6.61 Å². The van der Waals surface area contributed by atoms with Crippen molar-refractivity contribution in [1.82, 2.24) is 4.57 Å². The van der Waals surface area contributed by atoms with Gasteiger partial charge in [0.25, 0.3) is 0 Å². The van der Waals surface area contributed by atoms with Crippen molar-refractivity contribution in [2.75, 3.05) is 6.61 Å². The molecule has 2 rings (SSSR count). The Hall–Kier alpha value is -1.13. The second kappa shape index (κ2) is 6.10. The van der Waals surface area contributed by atoms with E-state index in [1.807, 2.05) is 31.5 Å². The molecule has 1 aliphatic rings. The van der Waals surface area contributed by atoms with Crippen LogP contribution in [0.4, 0.5) is 0 Å². The minimum Gasteiger partial charge on any atom is -0.375 e. The number of hydrogen-bond acceptors (Lipinski definition) is 3. The summed E-state index contributed by atoms with van der Waals surface area (Å²) in [5, 5.41) is 0. The highest BCUT2D eigenvalue weighted by atomic mass is 16.5. The lowest BCUT2D eigenvalue weighted by molar-refractivity contribution is -0.0975. The third-order valence-corrected chi connectivity index (χ3v) is 4.18. The zero-order valence-corrected chi connectivity index (χ0v) is 13.1. The van der Waals surface area contributed by atoms with Gasteiger partial charge in [-0.25, -0.2) is 0 Å². The van der Waals surface area contributed by atoms with Gasteiger partial charge in [-0.05, 0) is 46.6 Å². The SMILES string of the molecule is Cc1cc(C(=O)COC2CC(C)OC(C)C2)c(C)n1C. The summed E-state index contributed by atoms with van der Waals surface area (Å²) in [5.74, 6) is 0.0676. The summed E-state index contributed by atoms with van der Waals surface area (Å²) in [6, 6.07) is 1.94. The van der Waals surface area contributed by atoms with Crippen LogP contribution in [0, 0.1) is 13.8 Å². The molecule has 0 saturated carbocycles. The normalized spacial score (nSPS) is 26.8. The van der Waals surface area contributed by atoms with E-state index >= 15 is 0 Å². The Labute approximate surface area is 121 Å². The van der Waals surface area contributed by atoms with E-state index in [0.717, 1.165) is 29.8 Å². The molecule has 1 aromatic rings. The minimum atomic E-state index is 0.0676. The fourth-order valence-electron chi connectivity index (χ4n) is 2.89. The van der Waals surface area contributed by atoms with Crippen LogP contribution in [0.15, 0.2) is 6.07 Å². The van der Waals surface area contributed by atoms with Crippen LogP contribution in [0.5, 0.6) is 0 Å². The van der Waals surface area contributed by atoms with Crippen LogP contribution in [0.3, 0.4) is 0 Å². The summed E-state index contributed by atoms with van der Waals surface area (Å²) in [6.45, 7) is 8.25. The lowest BCUT2D eigenvalue weighted by Gasteiger charge is -2.31. The number of ether oxygens (including phenoxy) is 2. The Morgan fingerprint density at radius 1 is 1.35 bits per heavy atom. The van der Waals surface area contributed by atoms with E-state index in [-0.39, 0.29) is 30.7 Å². The molecule has 2 heterocycles. The number of hydrogen-bond donors (Lipinski definition) is 0. The van der Waals surface area contributed by atoms with E-state index in [1.165, 1.54) is 0 Å². The van der Waals surface area contributed by atoms with Gasteiger partial charge in [-0.1, -0.05) is 0 Å². The molecule has 0 N–H and O–H groups in total. The van der Waals surface area contributed by atoms with Crippen molar-refractivity contribution in [2.24, 2.45) is 7.05 Å². The quantitative estimate of drug-likeness (QED) is 0.796. The number of rotatable bonds is 4. The summed E-state index contributed by atoms with van der Waals surface area (Å²) in [6.07, 6.45) is 2.27. The highest BCUT2D eigenvalue weighted by molar-refractivity contribution is 5.98. The van der Waals surface area contributed by atoms with Gasteiger partial charge in [0.15, 0.2) is 5.78 Å². The zero-order chi connectivity index (χ0) is 14.9. The van der Waals surface area contributed by atoms with Crippen LogP contribution in [0.25, 0.3) is 0 Å². The lowest BCUT2D eigenvalue weighted by atomic mass is 10.0. The molecule has 0 aliphatic carbocycles. The number of aromatic nitrogens is 1. The van der Waals surface area contributed by atoms with Gasteiger partial charge < -0.3 is 14.0 Å². The Bertz CT molecular complexity index is 482. The second-order valence-corrected chi connectivity index (χ2v) is 5.93. The summed E-state index contributed by atoms with van der Waals surface area (Å²) in [5.41, 5.74) is 2.88. The first kappa shape index (κ1) is 15.3. The van der Waals surface area contributed by atoms with Crippen molar-refractivity contribution in [3.8, 4) is 0 Å². The van der Waals surface area contributed by atoms with Crippen molar-refractivity contribution in [1.29, 1.82) is 0 Å². The first-order valence-electron chi connectivity index (χ1n) is 7.31. The zero-order valence-electron chi connectivity index (χ0n) is 13.1. The van der Waals surface area contributed by atoms with Crippen LogP contribution < -0.4 is 0 Å². The van der Waals surface area contributed by atoms with Gasteiger partial charge in [0.2, 0.25) is 0 Å². The maximum Gasteiger partial charge on any atom is 0.190 e. The van der Waals surface area contributed by atoms with Crippen LogP contribution in [-0.4, -0.2) is 35.3 Å². The molecule has 0 amide bonds. The summed E-state index contributed by atoms with van der Waals surface area (Å²) < 4.78 is 13.5. The molecule has 2 atom stereocenters. The molecule has 0 bridgehead atoms. The Morgan fingerprint density at radius 2 is 1.95 bits per heavy atom. The van der Waals surface area contributed by atoms with Crippen molar-refractivity contribution in [3.05, 3.63) is 23.0 Å². The maximum absolute atomic E-state index is 12.3. The predicted molar refractivity (Wildman–Crippen MR) is 78.2 cm³/mol. The van der Waals surface area contributed by atoms with Crippen molar-refractivity contribution in [2.45, 2.75) is 58.8 Å². The molecule has 1 aromatic heterocycles. The summed E-state index contributed by atoms with van der Waals surface area (Å²) >= 11 is 0. The third kappa shape index (κ3) is 3.30. The van der Waals surface area contributed by atoms with Crippen LogP contribution >= 0.6 is 0 Å². The van der Waals surface area contributed by atoms with Gasteiger partial charge in [0.05, 0.1) is 18.3 Å². The molecule has 1 aliphatic heterocycles. The molecule has 0 aromatic carbocycles. The largest absolute Gasteiger partial charge is 0.375 e. The van der Waals surface area contributed by atoms with E-state index in [1.54, 1.807) is 0 Å². The number of carbonyl (C=O) groups excluding carboxylic acids is 1. The smallest absolute Gasteiger partial charge is 0.190 e. The van der Waals surface area contributed by atoms with E-state index in [0.29, 0.717) is 0 Å². The maximum atomic E-state index is 12.3. The Kier molecular flexibility index (Phi) is 4.66. The summed E-state index contributed by atoms with van der Waals surface area (Å²) in [4.78, 5) is 12.3. The molecule has 1 fully saturated rings. The minimum absolute atomic E-state index is 0.0676. The van der Waals surface area contributed by atoms with Gasteiger partial charge in [-0.15, -0.1) is 0 Å². The predicted octanol–water partition coefficient (Wildman–Crippen LogP) is 2.80. The molecule has 4 nitrogen and oxygen atoms in total. The van der Waals surface area contributed by atoms with Crippen molar-refractivity contribution >= 4 is 5.78 Å². The van der Waals surface area contributed by atoms with E-state index in [9.17, 15) is 4.79 Å². The molecular weight excluding hydrogens is 254 g/mol. The number of carbonyl (C=O) groups is 1. The highest BCUT2D eigenvalue weighted by Gasteiger charge is 2.26. The lowest BCUT2D eigenvalue weighted by Crippen LogP contribution is -2.35. The molecule has 4 heteroatoms. The molecule has 0 spiro atoms. The van der Waals surface area contributed by atoms with Gasteiger partial charge in [-0.3, -0.25) is 4.79 Å². The first-order chi connectivity index (χ1) is 9.38. The molecule has 2 unspecified atom stereocenters. The number of aryl methyl sites for hydroxylation is 1. The number of ketones is 1. The van der Waals surface area contributed by atoms with E-state index in [2.05, 4.69) is 13.8 Å². The first-order valence-corrected chi connectivity index (χ1v) is 7.31. The third-order valence-electron chi connectivity index (χ3n) is 4.18. The van der Waals surface area contributed by atoms with Gasteiger partial charge >= 0.3 is 0 Å². The van der Waals surface area contributed by atoms with E-state index < -0.39 is 0 Å². The van der Waals surface area contributed by atoms with Crippen LogP contribution in [0.1, 0.15) is 48.4 Å². The second-order valence-electron chi connectivity index (χ2n) is 5.93. The van der Waals surface area contributed by atoms with Crippen LogP contribution in [0.2, 0.25) is 0 Å². The highest BCUT2D eigenvalue weighted by Crippen LogP contribution is 2.22. The van der Waals surface area contributed by atoms with E-state index in [4.69, 9.17) is 9.47 Å². The number of Topliss-reactive ketones (excluding diaryl/α,β-unsaturated/α-hetero) is 1. The topological polar surface area (TPSA) is 40.5 Å². The molecule has 1 saturated heterocycles. The fourth-order valence-corrected chi connectivity index (χ4v) is 2.89. The fraction of sp³-hybridized carbons (Fsp3) is 0.688. The number of nitrogens with zero attached hydrogens (tertiary/aromatic N) is 1. The molecule has 0 radical (unpaired) electrons. The monoisotopic (exact) mass is 279 g/mol. The van der Waals surface area contributed by atoms with Crippen LogP contribution in [-0.2, 0) is 16.5 Å². The van der Waals surface area contributed by atoms with Gasteiger partial charge in [0, 0.05) is 24.0 Å². The molecule has 20 heavy (non-hydrogen) atoms. The molecule has 112 valence electrons. The Morgan fingerprint density at radius 3 is 2.45 bits per heavy atom. The van der Waals surface area contributed by atoms with Crippen molar-refractivity contribution in [3.63, 3.8) is 0 Å². The van der Waals surface area contributed by atoms with Gasteiger partial charge in [-0.2, -0.15) is 0 Å². The van der Waals surface area contributed by atoms with Crippen molar-refractivity contribution < 1.29 is 14.3 Å².